The third kappa shape index (κ3) is 14.9. The van der Waals surface area contributed by atoms with Gasteiger partial charge in [-0.2, -0.15) is 0 Å². The second kappa shape index (κ2) is 17.4. The summed E-state index contributed by atoms with van der Waals surface area (Å²) in [6, 6.07) is 0. The molecule has 0 bridgehead atoms. The maximum absolute atomic E-state index is 5.79. The first-order valence-corrected chi connectivity index (χ1v) is 8.33. The average molecular weight is 336 g/mol. The summed E-state index contributed by atoms with van der Waals surface area (Å²) >= 11 is 0. The zero-order valence-corrected chi connectivity index (χ0v) is 15.0. The van der Waals surface area contributed by atoms with Crippen molar-refractivity contribution < 1.29 is 14.2 Å². The Morgan fingerprint density at radius 2 is 1.83 bits per heavy atom. The van der Waals surface area contributed by atoms with Gasteiger partial charge in [0.2, 0.25) is 0 Å². The maximum atomic E-state index is 5.79. The first-order valence-electron chi connectivity index (χ1n) is 8.33. The lowest BCUT2D eigenvalue weighted by atomic mass is 10.3. The Balaban J connectivity index is 3.68. The van der Waals surface area contributed by atoms with Gasteiger partial charge < -0.3 is 25.3 Å². The Bertz CT molecular complexity index is 426. The molecule has 0 rings (SSSR count). The summed E-state index contributed by atoms with van der Waals surface area (Å²) in [6.45, 7) is 11.0. The molecule has 0 radical (unpaired) electrons. The number of allylic oxidation sites excluding steroid dienone is 6. The van der Waals surface area contributed by atoms with Crippen LogP contribution < -0.4 is 11.1 Å². The Morgan fingerprint density at radius 1 is 1.12 bits per heavy atom. The molecule has 0 aromatic carbocycles. The number of rotatable bonds is 15. The lowest BCUT2D eigenvalue weighted by Crippen LogP contribution is -2.16. The standard InChI is InChI=1S/C19H32N2O3/c1-4-7-9-19(17-18(20)6-3)24-16-15-23-14-13-22-12-11-21-10-8-5-2/h5-10,17,21H,2,4,11-16,20H2,1,3H3/b9-7-,10-8+,18-6+,19-17+. The average Bonchev–Trinajstić information content (AvgIpc) is 2.60. The van der Waals surface area contributed by atoms with E-state index in [4.69, 9.17) is 19.9 Å². The first-order chi connectivity index (χ1) is 11.7. The fraction of sp³-hybridized carbons (Fsp3) is 0.474. The predicted octanol–water partition coefficient (Wildman–Crippen LogP) is 3.04. The Hall–Kier alpha value is -1.98. The predicted molar refractivity (Wildman–Crippen MR) is 100 cm³/mol. The van der Waals surface area contributed by atoms with E-state index in [9.17, 15) is 0 Å². The van der Waals surface area contributed by atoms with Crippen LogP contribution in [0.4, 0.5) is 0 Å². The first kappa shape index (κ1) is 22.0. The van der Waals surface area contributed by atoms with Crippen molar-refractivity contribution in [2.45, 2.75) is 20.3 Å². The van der Waals surface area contributed by atoms with E-state index in [1.807, 2.05) is 43.5 Å². The summed E-state index contributed by atoms with van der Waals surface area (Å²) in [7, 11) is 0. The third-order valence-electron chi connectivity index (χ3n) is 2.77. The zero-order valence-electron chi connectivity index (χ0n) is 15.0. The molecule has 24 heavy (non-hydrogen) atoms. The van der Waals surface area contributed by atoms with Crippen molar-refractivity contribution in [1.82, 2.24) is 5.32 Å². The molecule has 0 aromatic rings. The van der Waals surface area contributed by atoms with Gasteiger partial charge in [0.05, 0.1) is 26.4 Å². The van der Waals surface area contributed by atoms with Crippen LogP contribution in [0.3, 0.4) is 0 Å². The van der Waals surface area contributed by atoms with Crippen molar-refractivity contribution in [1.29, 1.82) is 0 Å². The molecule has 0 saturated carbocycles. The largest absolute Gasteiger partial charge is 0.491 e. The van der Waals surface area contributed by atoms with Crippen molar-refractivity contribution in [2.75, 3.05) is 39.6 Å². The van der Waals surface area contributed by atoms with Gasteiger partial charge in [0.25, 0.3) is 0 Å². The molecule has 3 N–H and O–H groups in total. The van der Waals surface area contributed by atoms with Crippen LogP contribution in [0.2, 0.25) is 0 Å². The molecule has 0 aliphatic carbocycles. The molecule has 5 nitrogen and oxygen atoms in total. The van der Waals surface area contributed by atoms with Crippen LogP contribution >= 0.6 is 0 Å². The molecule has 0 aromatic heterocycles. The number of nitrogens with one attached hydrogen (secondary N) is 1. The van der Waals surface area contributed by atoms with Gasteiger partial charge in [-0.25, -0.2) is 0 Å². The topological polar surface area (TPSA) is 65.7 Å². The zero-order chi connectivity index (χ0) is 17.9. The fourth-order valence-corrected chi connectivity index (χ4v) is 1.51. The van der Waals surface area contributed by atoms with E-state index in [1.54, 1.807) is 6.08 Å². The molecule has 5 heteroatoms. The van der Waals surface area contributed by atoms with Crippen molar-refractivity contribution >= 4 is 0 Å². The highest BCUT2D eigenvalue weighted by Crippen LogP contribution is 2.04. The van der Waals surface area contributed by atoms with Crippen LogP contribution in [0.25, 0.3) is 0 Å². The van der Waals surface area contributed by atoms with E-state index in [2.05, 4.69) is 18.8 Å². The molecule has 136 valence electrons. The summed E-state index contributed by atoms with van der Waals surface area (Å²) in [4.78, 5) is 0. The highest BCUT2D eigenvalue weighted by molar-refractivity contribution is 5.23. The minimum absolute atomic E-state index is 0.477. The molecule has 0 heterocycles. The van der Waals surface area contributed by atoms with E-state index in [0.29, 0.717) is 38.7 Å². The SMILES string of the molecule is C=C/C=C/NCCOCCOCCOC(/C=C\CC)=C/C(N)=C\C. The summed E-state index contributed by atoms with van der Waals surface area (Å²) in [5, 5.41) is 3.08. The Morgan fingerprint density at radius 3 is 2.50 bits per heavy atom. The Labute approximate surface area is 146 Å². The Kier molecular flexibility index (Phi) is 15.9. The minimum atomic E-state index is 0.477. The van der Waals surface area contributed by atoms with Crippen molar-refractivity contribution in [3.63, 3.8) is 0 Å². The van der Waals surface area contributed by atoms with E-state index >= 15 is 0 Å². The second-order valence-electron chi connectivity index (χ2n) is 4.77. The van der Waals surface area contributed by atoms with E-state index in [-0.39, 0.29) is 0 Å². The molecule has 0 fully saturated rings. The maximum Gasteiger partial charge on any atom is 0.121 e. The second-order valence-corrected chi connectivity index (χ2v) is 4.77. The van der Waals surface area contributed by atoms with Gasteiger partial charge in [-0.15, -0.1) is 0 Å². The normalized spacial score (nSPS) is 12.9. The smallest absolute Gasteiger partial charge is 0.121 e. The summed E-state index contributed by atoms with van der Waals surface area (Å²) in [6.07, 6.45) is 13.9. The molecule has 0 unspecified atom stereocenters. The third-order valence-corrected chi connectivity index (χ3v) is 2.77. The molecule has 0 aliphatic heterocycles. The van der Waals surface area contributed by atoms with Crippen molar-refractivity contribution in [2.24, 2.45) is 5.73 Å². The molecule has 0 atom stereocenters. The number of nitrogens with two attached hydrogens (primary N) is 1. The van der Waals surface area contributed by atoms with Crippen LogP contribution in [0.15, 0.2) is 60.7 Å². The van der Waals surface area contributed by atoms with Crippen LogP contribution in [0.5, 0.6) is 0 Å². The van der Waals surface area contributed by atoms with Crippen LogP contribution in [0.1, 0.15) is 20.3 Å². The summed E-state index contributed by atoms with van der Waals surface area (Å²) in [5.74, 6) is 0.742. The van der Waals surface area contributed by atoms with E-state index < -0.39 is 0 Å². The van der Waals surface area contributed by atoms with Crippen LogP contribution in [-0.2, 0) is 14.2 Å². The number of ether oxygens (including phenoxy) is 3. The summed E-state index contributed by atoms with van der Waals surface area (Å²) < 4.78 is 16.6. The lowest BCUT2D eigenvalue weighted by Gasteiger charge is -2.09. The molecule has 0 saturated heterocycles. The van der Waals surface area contributed by atoms with Gasteiger partial charge in [0.15, 0.2) is 0 Å². The quantitative estimate of drug-likeness (QED) is 0.273. The number of hydrogen-bond acceptors (Lipinski definition) is 5. The number of hydrogen-bond donors (Lipinski definition) is 2. The monoisotopic (exact) mass is 336 g/mol. The van der Waals surface area contributed by atoms with Crippen molar-refractivity contribution in [3.8, 4) is 0 Å². The van der Waals surface area contributed by atoms with Crippen molar-refractivity contribution in [3.05, 3.63) is 60.7 Å². The van der Waals surface area contributed by atoms with Gasteiger partial charge in [-0.05, 0) is 31.7 Å². The van der Waals surface area contributed by atoms with Crippen LogP contribution in [0, 0.1) is 0 Å². The van der Waals surface area contributed by atoms with Gasteiger partial charge >= 0.3 is 0 Å². The van der Waals surface area contributed by atoms with Gasteiger partial charge in [-0.3, -0.25) is 0 Å². The molecular weight excluding hydrogens is 304 g/mol. The van der Waals surface area contributed by atoms with Gasteiger partial charge in [-0.1, -0.05) is 31.7 Å². The minimum Gasteiger partial charge on any atom is -0.491 e. The van der Waals surface area contributed by atoms with Gasteiger partial charge in [0.1, 0.15) is 12.4 Å². The summed E-state index contributed by atoms with van der Waals surface area (Å²) in [5.41, 5.74) is 6.47. The molecule has 0 aliphatic rings. The fourth-order valence-electron chi connectivity index (χ4n) is 1.51. The van der Waals surface area contributed by atoms with Gasteiger partial charge in [0, 0.05) is 18.3 Å². The van der Waals surface area contributed by atoms with E-state index in [0.717, 1.165) is 18.7 Å². The van der Waals surface area contributed by atoms with Crippen LogP contribution in [-0.4, -0.2) is 39.6 Å². The highest BCUT2D eigenvalue weighted by Gasteiger charge is 1.96. The molecule has 0 spiro atoms. The highest BCUT2D eigenvalue weighted by atomic mass is 16.5. The molecular formula is C19H32N2O3. The molecule has 0 amide bonds. The lowest BCUT2D eigenvalue weighted by molar-refractivity contribution is 0.0295. The van der Waals surface area contributed by atoms with E-state index in [1.165, 1.54) is 0 Å².